The molecule has 0 aliphatic heterocycles. The quantitative estimate of drug-likeness (QED) is 0.712. The summed E-state index contributed by atoms with van der Waals surface area (Å²) < 4.78 is 10.7. The van der Waals surface area contributed by atoms with E-state index in [2.05, 4.69) is 5.32 Å². The highest BCUT2D eigenvalue weighted by Gasteiger charge is 2.43. The van der Waals surface area contributed by atoms with Crippen LogP contribution in [0.5, 0.6) is 11.5 Å². The molecule has 0 heterocycles. The number of carboxylic acids is 1. The number of amides is 1. The van der Waals surface area contributed by atoms with E-state index in [9.17, 15) is 14.7 Å². The van der Waals surface area contributed by atoms with Gasteiger partial charge in [-0.2, -0.15) is 0 Å². The third-order valence-corrected chi connectivity index (χ3v) is 5.79. The van der Waals surface area contributed by atoms with Crippen LogP contribution in [-0.2, 0) is 15.0 Å². The zero-order valence-corrected chi connectivity index (χ0v) is 16.8. The first-order valence-corrected chi connectivity index (χ1v) is 9.80. The van der Waals surface area contributed by atoms with Gasteiger partial charge in [0.05, 0.1) is 25.6 Å². The highest BCUT2D eigenvalue weighted by Crippen LogP contribution is 2.44. The van der Waals surface area contributed by atoms with E-state index in [-0.39, 0.29) is 12.5 Å². The number of aliphatic carboxylic acids is 1. The Morgan fingerprint density at radius 3 is 2.28 bits per heavy atom. The van der Waals surface area contributed by atoms with Crippen molar-refractivity contribution in [2.75, 3.05) is 20.8 Å². The molecule has 1 atom stereocenters. The normalized spacial score (nSPS) is 16.1. The molecular weight excluding hydrogens is 370 g/mol. The second-order valence-electron chi connectivity index (χ2n) is 7.37. The van der Waals surface area contributed by atoms with Crippen molar-refractivity contribution in [3.05, 3.63) is 59.7 Å². The summed E-state index contributed by atoms with van der Waals surface area (Å²) in [7, 11) is 3.14. The molecule has 1 aliphatic rings. The van der Waals surface area contributed by atoms with E-state index < -0.39 is 17.3 Å². The Morgan fingerprint density at radius 1 is 1.03 bits per heavy atom. The number of carboxylic acid groups (broad SMARTS) is 1. The average Bonchev–Trinajstić information content (AvgIpc) is 3.25. The van der Waals surface area contributed by atoms with Crippen molar-refractivity contribution in [2.45, 2.75) is 37.0 Å². The molecule has 2 aromatic rings. The standard InChI is InChI=1S/C23H27NO5/c1-28-19-11-10-17(14-20(19)29-2)23(12-6-7-13-23)22(27)24-15-18(21(25)26)16-8-4-3-5-9-16/h3-5,8-11,14,18H,6-7,12-13,15H2,1-2H3,(H,24,27)(H,25,26). The van der Waals surface area contributed by atoms with Crippen molar-refractivity contribution in [1.82, 2.24) is 5.32 Å². The van der Waals surface area contributed by atoms with Gasteiger partial charge in [-0.25, -0.2) is 0 Å². The van der Waals surface area contributed by atoms with E-state index in [1.807, 2.05) is 24.3 Å². The molecule has 6 heteroatoms. The highest BCUT2D eigenvalue weighted by atomic mass is 16.5. The van der Waals surface area contributed by atoms with Gasteiger partial charge in [0, 0.05) is 6.54 Å². The number of carbonyl (C=O) groups excluding carboxylic acids is 1. The fraction of sp³-hybridized carbons (Fsp3) is 0.391. The summed E-state index contributed by atoms with van der Waals surface area (Å²) in [6, 6.07) is 14.5. The molecule has 0 aromatic heterocycles. The molecule has 1 amide bonds. The second kappa shape index (κ2) is 8.99. The highest BCUT2D eigenvalue weighted by molar-refractivity contribution is 5.89. The lowest BCUT2D eigenvalue weighted by atomic mass is 9.77. The number of nitrogens with one attached hydrogen (secondary N) is 1. The van der Waals surface area contributed by atoms with E-state index in [1.165, 1.54) is 0 Å². The smallest absolute Gasteiger partial charge is 0.312 e. The lowest BCUT2D eigenvalue weighted by Crippen LogP contribution is -2.44. The molecule has 0 bridgehead atoms. The molecule has 6 nitrogen and oxygen atoms in total. The minimum Gasteiger partial charge on any atom is -0.493 e. The number of hydrogen-bond donors (Lipinski definition) is 2. The maximum absolute atomic E-state index is 13.3. The van der Waals surface area contributed by atoms with Gasteiger partial charge in [0.15, 0.2) is 11.5 Å². The number of carbonyl (C=O) groups is 2. The summed E-state index contributed by atoms with van der Waals surface area (Å²) >= 11 is 0. The van der Waals surface area contributed by atoms with Crippen molar-refractivity contribution in [2.24, 2.45) is 0 Å². The molecule has 1 aliphatic carbocycles. The molecule has 0 radical (unpaired) electrons. The van der Waals surface area contributed by atoms with Gasteiger partial charge in [0.2, 0.25) is 5.91 Å². The molecule has 0 spiro atoms. The maximum atomic E-state index is 13.3. The lowest BCUT2D eigenvalue weighted by Gasteiger charge is -2.29. The summed E-state index contributed by atoms with van der Waals surface area (Å²) in [5, 5.41) is 12.5. The van der Waals surface area contributed by atoms with Crippen LogP contribution in [0.2, 0.25) is 0 Å². The molecule has 1 unspecified atom stereocenters. The molecule has 3 rings (SSSR count). The van der Waals surface area contributed by atoms with Crippen molar-refractivity contribution < 1.29 is 24.2 Å². The summed E-state index contributed by atoms with van der Waals surface area (Å²) in [5.41, 5.74) is 0.864. The van der Waals surface area contributed by atoms with Crippen molar-refractivity contribution in [3.8, 4) is 11.5 Å². The lowest BCUT2D eigenvalue weighted by molar-refractivity contribution is -0.138. The van der Waals surface area contributed by atoms with Gasteiger partial charge in [-0.05, 0) is 36.1 Å². The van der Waals surface area contributed by atoms with Gasteiger partial charge in [0.1, 0.15) is 0 Å². The first-order chi connectivity index (χ1) is 14.0. The number of benzene rings is 2. The molecule has 154 valence electrons. The summed E-state index contributed by atoms with van der Waals surface area (Å²) in [6.45, 7) is 0.0488. The third-order valence-electron chi connectivity index (χ3n) is 5.79. The van der Waals surface area contributed by atoms with Crippen molar-refractivity contribution in [1.29, 1.82) is 0 Å². The van der Waals surface area contributed by atoms with Crippen LogP contribution in [0.3, 0.4) is 0 Å². The predicted molar refractivity (Wildman–Crippen MR) is 110 cm³/mol. The maximum Gasteiger partial charge on any atom is 0.312 e. The molecule has 29 heavy (non-hydrogen) atoms. The van der Waals surface area contributed by atoms with Crippen LogP contribution < -0.4 is 14.8 Å². The number of methoxy groups -OCH3 is 2. The monoisotopic (exact) mass is 397 g/mol. The van der Waals surface area contributed by atoms with Crippen LogP contribution >= 0.6 is 0 Å². The van der Waals surface area contributed by atoms with Gasteiger partial charge < -0.3 is 19.9 Å². The Balaban J connectivity index is 1.84. The van der Waals surface area contributed by atoms with Crippen LogP contribution in [0, 0.1) is 0 Å². The van der Waals surface area contributed by atoms with Crippen LogP contribution in [0.1, 0.15) is 42.7 Å². The molecule has 1 fully saturated rings. The molecule has 2 N–H and O–H groups in total. The molecule has 2 aromatic carbocycles. The minimum atomic E-state index is -0.955. The Kier molecular flexibility index (Phi) is 6.42. The fourth-order valence-electron chi connectivity index (χ4n) is 4.16. The van der Waals surface area contributed by atoms with Crippen LogP contribution in [0.4, 0.5) is 0 Å². The first-order valence-electron chi connectivity index (χ1n) is 9.80. The van der Waals surface area contributed by atoms with Crippen molar-refractivity contribution in [3.63, 3.8) is 0 Å². The van der Waals surface area contributed by atoms with E-state index in [0.29, 0.717) is 17.1 Å². The van der Waals surface area contributed by atoms with Gasteiger partial charge in [-0.1, -0.05) is 49.2 Å². The average molecular weight is 397 g/mol. The van der Waals surface area contributed by atoms with Gasteiger partial charge in [-0.15, -0.1) is 0 Å². The van der Waals surface area contributed by atoms with Crippen LogP contribution in [0.15, 0.2) is 48.5 Å². The Morgan fingerprint density at radius 2 is 1.69 bits per heavy atom. The molecule has 1 saturated carbocycles. The summed E-state index contributed by atoms with van der Waals surface area (Å²) in [6.07, 6.45) is 3.33. The zero-order valence-electron chi connectivity index (χ0n) is 16.8. The van der Waals surface area contributed by atoms with Crippen LogP contribution in [0.25, 0.3) is 0 Å². The first kappa shape index (κ1) is 20.7. The van der Waals surface area contributed by atoms with E-state index in [4.69, 9.17) is 9.47 Å². The van der Waals surface area contributed by atoms with E-state index in [1.54, 1.807) is 38.5 Å². The summed E-state index contributed by atoms with van der Waals surface area (Å²) in [4.78, 5) is 25.1. The van der Waals surface area contributed by atoms with Gasteiger partial charge in [0.25, 0.3) is 0 Å². The largest absolute Gasteiger partial charge is 0.493 e. The van der Waals surface area contributed by atoms with E-state index >= 15 is 0 Å². The number of rotatable bonds is 8. The SMILES string of the molecule is COc1ccc(C2(C(=O)NCC(C(=O)O)c3ccccc3)CCCC2)cc1OC. The van der Waals surface area contributed by atoms with Crippen molar-refractivity contribution >= 4 is 11.9 Å². The minimum absolute atomic E-state index is 0.0488. The predicted octanol–water partition coefficient (Wildman–Crippen LogP) is 3.50. The Hall–Kier alpha value is -3.02. The molecular formula is C23H27NO5. The second-order valence-corrected chi connectivity index (χ2v) is 7.37. The topological polar surface area (TPSA) is 84.9 Å². The van der Waals surface area contributed by atoms with E-state index in [0.717, 1.165) is 31.2 Å². The van der Waals surface area contributed by atoms with Crippen LogP contribution in [-0.4, -0.2) is 37.7 Å². The fourth-order valence-corrected chi connectivity index (χ4v) is 4.16. The third kappa shape index (κ3) is 4.21. The van der Waals surface area contributed by atoms with Gasteiger partial charge >= 0.3 is 5.97 Å². The van der Waals surface area contributed by atoms with Gasteiger partial charge in [-0.3, -0.25) is 9.59 Å². The zero-order chi connectivity index (χ0) is 20.9. The number of ether oxygens (including phenoxy) is 2. The summed E-state index contributed by atoms with van der Waals surface area (Å²) in [5.74, 6) is -0.687. The number of hydrogen-bond acceptors (Lipinski definition) is 4. The Bertz CT molecular complexity index is 859. The molecule has 0 saturated heterocycles. The Labute approximate surface area is 170 Å².